The summed E-state index contributed by atoms with van der Waals surface area (Å²) < 4.78 is 10.3. The quantitative estimate of drug-likeness (QED) is 0.357. The molecule has 10 heavy (non-hydrogen) atoms. The Morgan fingerprint density at radius 2 is 1.90 bits per heavy atom. The van der Waals surface area contributed by atoms with Crippen LogP contribution in [0.1, 0.15) is 28.6 Å². The van der Waals surface area contributed by atoms with Gasteiger partial charge in [-0.2, -0.15) is 0 Å². The maximum absolute atomic E-state index is 5.21. The predicted octanol–water partition coefficient (Wildman–Crippen LogP) is -1.09. The summed E-state index contributed by atoms with van der Waals surface area (Å²) in [7, 11) is 0. The minimum absolute atomic E-state index is 0. The molecule has 58 valence electrons. The summed E-state index contributed by atoms with van der Waals surface area (Å²) in [6, 6.07) is 0. The molecule has 0 aliphatic heterocycles. The van der Waals surface area contributed by atoms with Crippen molar-refractivity contribution >= 4 is 0 Å². The molecule has 0 bridgehead atoms. The van der Waals surface area contributed by atoms with Crippen molar-refractivity contribution in [1.82, 2.24) is 0 Å². The van der Waals surface area contributed by atoms with Gasteiger partial charge in [-0.15, -0.1) is 0 Å². The van der Waals surface area contributed by atoms with Gasteiger partial charge in [0.05, 0.1) is 0 Å². The molecule has 0 N–H and O–H groups in total. The van der Waals surface area contributed by atoms with E-state index in [4.69, 9.17) is 9.47 Å². The summed E-state index contributed by atoms with van der Waals surface area (Å²) in [5, 5.41) is 0. The summed E-state index contributed by atoms with van der Waals surface area (Å²) in [5.41, 5.74) is 0. The Morgan fingerprint density at radius 1 is 1.30 bits per heavy atom. The van der Waals surface area contributed by atoms with Gasteiger partial charge < -0.3 is 10.9 Å². The molecule has 0 saturated heterocycles. The molecule has 3 heteroatoms. The zero-order valence-electron chi connectivity index (χ0n) is 8.52. The number of hydrogen-bond donors (Lipinski definition) is 0. The van der Waals surface area contributed by atoms with Crippen molar-refractivity contribution in [3.05, 3.63) is 0 Å². The summed E-state index contributed by atoms with van der Waals surface area (Å²) >= 11 is 0. The zero-order chi connectivity index (χ0) is 7.11. The van der Waals surface area contributed by atoms with Crippen LogP contribution in [-0.2, 0) is 9.47 Å². The molecule has 0 rings (SSSR count). The maximum atomic E-state index is 5.21. The van der Waals surface area contributed by atoms with Crippen molar-refractivity contribution in [2.75, 3.05) is 13.2 Å². The topological polar surface area (TPSA) is 18.5 Å². The molecular formula is C7H17LiO2. The average molecular weight is 140 g/mol. The van der Waals surface area contributed by atoms with Gasteiger partial charge in [0, 0.05) is 13.2 Å². The SMILES string of the molecule is CCCOC(C)OCC.[H-].[Li+]. The molecule has 1 atom stereocenters. The third-order valence-corrected chi connectivity index (χ3v) is 0.958. The van der Waals surface area contributed by atoms with Crippen molar-refractivity contribution in [2.24, 2.45) is 0 Å². The first-order chi connectivity index (χ1) is 4.31. The summed E-state index contributed by atoms with van der Waals surface area (Å²) in [4.78, 5) is 0. The first-order valence-electron chi connectivity index (χ1n) is 3.54. The molecule has 0 amide bonds. The molecule has 2 nitrogen and oxygen atoms in total. The van der Waals surface area contributed by atoms with E-state index in [1.165, 1.54) is 0 Å². The van der Waals surface area contributed by atoms with Gasteiger partial charge in [-0.25, -0.2) is 0 Å². The summed E-state index contributed by atoms with van der Waals surface area (Å²) in [6.45, 7) is 7.48. The third kappa shape index (κ3) is 8.52. The zero-order valence-corrected chi connectivity index (χ0v) is 7.52. The van der Waals surface area contributed by atoms with Gasteiger partial charge in [-0.1, -0.05) is 6.92 Å². The smallest absolute Gasteiger partial charge is 1.00 e. The summed E-state index contributed by atoms with van der Waals surface area (Å²) in [6.07, 6.45) is 1.02. The van der Waals surface area contributed by atoms with Crippen LogP contribution in [-0.4, -0.2) is 19.5 Å². The van der Waals surface area contributed by atoms with Gasteiger partial charge in [0.1, 0.15) is 0 Å². The van der Waals surface area contributed by atoms with Gasteiger partial charge in [0.25, 0.3) is 0 Å². The van der Waals surface area contributed by atoms with E-state index in [1.54, 1.807) is 0 Å². The van der Waals surface area contributed by atoms with Crippen LogP contribution in [0.4, 0.5) is 0 Å². The molecule has 0 aromatic carbocycles. The van der Waals surface area contributed by atoms with E-state index >= 15 is 0 Å². The van der Waals surface area contributed by atoms with Crippen molar-refractivity contribution in [1.29, 1.82) is 0 Å². The Balaban J connectivity index is -0.000000320. The van der Waals surface area contributed by atoms with Crippen LogP contribution in [0.5, 0.6) is 0 Å². The average Bonchev–Trinajstić information content (AvgIpc) is 1.85. The number of hydrogen-bond acceptors (Lipinski definition) is 2. The van der Waals surface area contributed by atoms with E-state index in [2.05, 4.69) is 6.92 Å². The van der Waals surface area contributed by atoms with E-state index in [0.29, 0.717) is 0 Å². The standard InChI is InChI=1S/C7H16O2.Li.H/c1-4-6-9-7(3)8-5-2;;/h7H,4-6H2,1-3H3;;/q;+1;-1. The van der Waals surface area contributed by atoms with Crippen LogP contribution >= 0.6 is 0 Å². The van der Waals surface area contributed by atoms with E-state index in [0.717, 1.165) is 19.6 Å². The summed E-state index contributed by atoms with van der Waals surface area (Å²) in [5.74, 6) is 0. The van der Waals surface area contributed by atoms with Crippen molar-refractivity contribution in [3.63, 3.8) is 0 Å². The molecule has 0 radical (unpaired) electrons. The monoisotopic (exact) mass is 140 g/mol. The Morgan fingerprint density at radius 3 is 2.30 bits per heavy atom. The van der Waals surface area contributed by atoms with Crippen LogP contribution in [0.2, 0.25) is 0 Å². The maximum Gasteiger partial charge on any atom is 1.00 e. The molecule has 0 aromatic heterocycles. The van der Waals surface area contributed by atoms with E-state index < -0.39 is 0 Å². The molecule has 0 saturated carbocycles. The van der Waals surface area contributed by atoms with E-state index in [9.17, 15) is 0 Å². The van der Waals surface area contributed by atoms with E-state index in [-0.39, 0.29) is 26.6 Å². The van der Waals surface area contributed by atoms with Gasteiger partial charge >= 0.3 is 18.9 Å². The minimum atomic E-state index is -0.0325. The van der Waals surface area contributed by atoms with Crippen molar-refractivity contribution in [2.45, 2.75) is 33.5 Å². The molecule has 0 aromatic rings. The second-order valence-corrected chi connectivity index (χ2v) is 1.89. The Kier molecular flexibility index (Phi) is 12.5. The molecule has 1 unspecified atom stereocenters. The second-order valence-electron chi connectivity index (χ2n) is 1.89. The molecule has 0 spiro atoms. The van der Waals surface area contributed by atoms with E-state index in [1.807, 2.05) is 13.8 Å². The van der Waals surface area contributed by atoms with Crippen molar-refractivity contribution in [3.8, 4) is 0 Å². The Bertz CT molecular complexity index is 64.4. The van der Waals surface area contributed by atoms with Crippen LogP contribution in [0.3, 0.4) is 0 Å². The Hall–Kier alpha value is 0.517. The fraction of sp³-hybridized carbons (Fsp3) is 1.00. The van der Waals surface area contributed by atoms with Crippen LogP contribution in [0.25, 0.3) is 0 Å². The first-order valence-corrected chi connectivity index (χ1v) is 3.54. The van der Waals surface area contributed by atoms with Gasteiger partial charge in [-0.05, 0) is 20.3 Å². The Labute approximate surface area is 76.9 Å². The largest absolute Gasteiger partial charge is 1.00 e. The van der Waals surface area contributed by atoms with Crippen LogP contribution in [0, 0.1) is 0 Å². The van der Waals surface area contributed by atoms with Gasteiger partial charge in [0.15, 0.2) is 6.29 Å². The third-order valence-electron chi connectivity index (χ3n) is 0.958. The molecule has 0 aliphatic rings. The number of rotatable bonds is 5. The molecular weight excluding hydrogens is 123 g/mol. The minimum Gasteiger partial charge on any atom is -1.00 e. The number of ether oxygens (including phenoxy) is 2. The van der Waals surface area contributed by atoms with Gasteiger partial charge in [0.2, 0.25) is 0 Å². The van der Waals surface area contributed by atoms with Crippen molar-refractivity contribution < 1.29 is 29.8 Å². The fourth-order valence-corrected chi connectivity index (χ4v) is 0.567. The molecule has 0 fully saturated rings. The van der Waals surface area contributed by atoms with Crippen LogP contribution in [0.15, 0.2) is 0 Å². The molecule has 0 aliphatic carbocycles. The van der Waals surface area contributed by atoms with Gasteiger partial charge in [-0.3, -0.25) is 0 Å². The normalized spacial score (nSPS) is 12.3. The molecule has 0 heterocycles. The fourth-order valence-electron chi connectivity index (χ4n) is 0.567. The predicted molar refractivity (Wildman–Crippen MR) is 38.4 cm³/mol. The second kappa shape index (κ2) is 9.52. The first kappa shape index (κ1) is 13.1. The van der Waals surface area contributed by atoms with Crippen LogP contribution < -0.4 is 18.9 Å².